The van der Waals surface area contributed by atoms with Crippen LogP contribution in [0.4, 0.5) is 5.69 Å². The molecule has 1 aliphatic rings. The monoisotopic (exact) mass is 464 g/mol. The van der Waals surface area contributed by atoms with E-state index in [1.807, 2.05) is 30.3 Å². The van der Waals surface area contributed by atoms with Gasteiger partial charge in [0.05, 0.1) is 24.7 Å². The van der Waals surface area contributed by atoms with Crippen LogP contribution in [0.25, 0.3) is 11.0 Å². The molecular formula is C23H20N4O5S. The first-order valence-corrected chi connectivity index (χ1v) is 11.5. The van der Waals surface area contributed by atoms with E-state index in [-0.39, 0.29) is 28.6 Å². The lowest BCUT2D eigenvalue weighted by Crippen LogP contribution is -2.32. The van der Waals surface area contributed by atoms with Crippen LogP contribution in [0, 0.1) is 0 Å². The van der Waals surface area contributed by atoms with Gasteiger partial charge >= 0.3 is 0 Å². The summed E-state index contributed by atoms with van der Waals surface area (Å²) in [6.45, 7) is 0.203. The molecule has 0 atom stereocenters. The zero-order valence-electron chi connectivity index (χ0n) is 17.5. The van der Waals surface area contributed by atoms with E-state index < -0.39 is 16.3 Å². The van der Waals surface area contributed by atoms with E-state index in [9.17, 15) is 19.0 Å². The number of pyridine rings is 2. The molecule has 10 heteroatoms. The first kappa shape index (κ1) is 21.0. The first-order valence-electron chi connectivity index (χ1n) is 9.97. The Morgan fingerprint density at radius 1 is 1.09 bits per heavy atom. The number of amidine groups is 1. The van der Waals surface area contributed by atoms with Crippen LogP contribution in [0.1, 0.15) is 11.1 Å². The maximum atomic E-state index is 13.6. The molecule has 0 saturated heterocycles. The lowest BCUT2D eigenvalue weighted by molar-refractivity contribution is 0.414. The van der Waals surface area contributed by atoms with E-state index in [0.29, 0.717) is 22.5 Å². The number of methoxy groups -OCH3 is 1. The van der Waals surface area contributed by atoms with Gasteiger partial charge in [-0.15, -0.1) is 4.40 Å². The molecule has 9 nitrogen and oxygen atoms in total. The summed E-state index contributed by atoms with van der Waals surface area (Å²) in [7, 11) is -2.14. The topological polar surface area (TPSA) is 129 Å². The predicted octanol–water partition coefficient (Wildman–Crippen LogP) is 4.06. The summed E-state index contributed by atoms with van der Waals surface area (Å²) in [6, 6.07) is 17.3. The summed E-state index contributed by atoms with van der Waals surface area (Å²) in [5.74, 6) is -0.0165. The van der Waals surface area contributed by atoms with E-state index in [0.717, 1.165) is 5.56 Å². The summed E-state index contributed by atoms with van der Waals surface area (Å²) < 4.78 is 32.1. The number of nitrogens with one attached hydrogen (secondary N) is 1. The van der Waals surface area contributed by atoms with Gasteiger partial charge in [-0.1, -0.05) is 41.1 Å². The number of anilines is 1. The standard InChI is InChI=1S/C23H20N4O5S/c1-32-15-9-10-18-17(12-15)25-21(26-33(18,30)31)19-20(28)16-8-5-11-24-22(16)27(23(19)29)13-14-6-3-2-4-7-14/h2-12,28,30-31H,13H2,1H3,(H,25,26). The number of nitrogens with zero attached hydrogens (tertiary/aromatic N) is 3. The van der Waals surface area contributed by atoms with Gasteiger partial charge in [0.2, 0.25) is 0 Å². The van der Waals surface area contributed by atoms with E-state index in [4.69, 9.17) is 4.74 Å². The predicted molar refractivity (Wildman–Crippen MR) is 127 cm³/mol. The molecule has 2 aromatic heterocycles. The van der Waals surface area contributed by atoms with Gasteiger partial charge < -0.3 is 15.2 Å². The zero-order chi connectivity index (χ0) is 23.2. The van der Waals surface area contributed by atoms with Crippen LogP contribution >= 0.6 is 10.8 Å². The van der Waals surface area contributed by atoms with Gasteiger partial charge in [-0.25, -0.2) is 4.98 Å². The molecule has 168 valence electrons. The summed E-state index contributed by atoms with van der Waals surface area (Å²) in [5, 5.41) is 14.3. The summed E-state index contributed by atoms with van der Waals surface area (Å²) in [6.07, 6.45) is 1.54. The van der Waals surface area contributed by atoms with Crippen LogP contribution in [0.3, 0.4) is 0 Å². The molecule has 4 aromatic rings. The van der Waals surface area contributed by atoms with Crippen molar-refractivity contribution in [3.8, 4) is 11.5 Å². The van der Waals surface area contributed by atoms with Crippen LogP contribution in [0.2, 0.25) is 0 Å². The third kappa shape index (κ3) is 3.59. The molecule has 0 spiro atoms. The Morgan fingerprint density at radius 2 is 1.88 bits per heavy atom. The largest absolute Gasteiger partial charge is 0.506 e. The smallest absolute Gasteiger partial charge is 0.267 e. The van der Waals surface area contributed by atoms with E-state index >= 15 is 0 Å². The summed E-state index contributed by atoms with van der Waals surface area (Å²) >= 11 is 0. The number of fused-ring (bicyclic) bond motifs is 2. The number of benzene rings is 2. The lowest BCUT2D eigenvalue weighted by Gasteiger charge is -2.34. The van der Waals surface area contributed by atoms with Crippen molar-refractivity contribution in [2.75, 3.05) is 12.4 Å². The minimum atomic E-state index is -3.63. The molecule has 0 unspecified atom stereocenters. The second-order valence-corrected chi connectivity index (χ2v) is 9.08. The van der Waals surface area contributed by atoms with Crippen molar-refractivity contribution in [1.29, 1.82) is 0 Å². The molecule has 0 bridgehead atoms. The van der Waals surface area contributed by atoms with Gasteiger partial charge in [0.15, 0.2) is 5.84 Å². The Bertz CT molecular complexity index is 1470. The van der Waals surface area contributed by atoms with Crippen LogP contribution < -0.4 is 15.6 Å². The fraction of sp³-hybridized carbons (Fsp3) is 0.0870. The van der Waals surface area contributed by atoms with Gasteiger partial charge in [0.25, 0.3) is 5.56 Å². The third-order valence-electron chi connectivity index (χ3n) is 5.37. The fourth-order valence-electron chi connectivity index (χ4n) is 3.80. The fourth-order valence-corrected chi connectivity index (χ4v) is 4.94. The Labute approximate surface area is 190 Å². The van der Waals surface area contributed by atoms with Gasteiger partial charge in [0.1, 0.15) is 27.6 Å². The molecule has 33 heavy (non-hydrogen) atoms. The Morgan fingerprint density at radius 3 is 2.64 bits per heavy atom. The SMILES string of the molecule is COc1ccc2c(c1)NC(c1c(O)c3cccnc3n(Cc3ccccc3)c1=O)=NS2(O)O. The van der Waals surface area contributed by atoms with E-state index in [1.54, 1.807) is 24.3 Å². The molecule has 0 saturated carbocycles. The van der Waals surface area contributed by atoms with Crippen LogP contribution in [-0.2, 0) is 6.54 Å². The third-order valence-corrected chi connectivity index (χ3v) is 6.75. The average molecular weight is 465 g/mol. The molecule has 0 amide bonds. The average Bonchev–Trinajstić information content (AvgIpc) is 2.82. The molecular weight excluding hydrogens is 444 g/mol. The highest BCUT2D eigenvalue weighted by Gasteiger charge is 2.31. The van der Waals surface area contributed by atoms with Crippen molar-refractivity contribution in [2.45, 2.75) is 11.4 Å². The number of hydrogen-bond donors (Lipinski definition) is 4. The lowest BCUT2D eigenvalue weighted by atomic mass is 10.1. The number of aromatic hydroxyl groups is 1. The maximum Gasteiger partial charge on any atom is 0.267 e. The highest BCUT2D eigenvalue weighted by molar-refractivity contribution is 8.23. The van der Waals surface area contributed by atoms with E-state index in [1.165, 1.54) is 23.9 Å². The Hall–Kier alpha value is -3.86. The molecule has 0 radical (unpaired) electrons. The van der Waals surface area contributed by atoms with Crippen molar-refractivity contribution < 1.29 is 18.9 Å². The van der Waals surface area contributed by atoms with E-state index in [2.05, 4.69) is 14.7 Å². The number of rotatable bonds is 4. The number of aromatic nitrogens is 2. The second kappa shape index (κ2) is 7.93. The van der Waals surface area contributed by atoms with Gasteiger partial charge in [-0.2, -0.15) is 0 Å². The van der Waals surface area contributed by atoms with Gasteiger partial charge in [-0.05, 0) is 29.8 Å². The highest BCUT2D eigenvalue weighted by Crippen LogP contribution is 2.56. The van der Waals surface area contributed by atoms with Gasteiger partial charge in [0, 0.05) is 12.3 Å². The Balaban J connectivity index is 1.73. The quantitative estimate of drug-likeness (QED) is 0.358. The second-order valence-electron chi connectivity index (χ2n) is 7.42. The van der Waals surface area contributed by atoms with Crippen molar-refractivity contribution in [1.82, 2.24) is 9.55 Å². The zero-order valence-corrected chi connectivity index (χ0v) is 18.3. The van der Waals surface area contributed by atoms with Crippen LogP contribution in [-0.4, -0.2) is 36.7 Å². The number of ether oxygens (including phenoxy) is 1. The molecule has 5 rings (SSSR count). The molecule has 0 fully saturated rings. The normalized spacial score (nSPS) is 15.3. The first-order chi connectivity index (χ1) is 15.9. The molecule has 2 aromatic carbocycles. The Kier molecular flexibility index (Phi) is 5.05. The maximum absolute atomic E-state index is 13.6. The minimum absolute atomic E-state index is 0.147. The summed E-state index contributed by atoms with van der Waals surface area (Å²) in [4.78, 5) is 18.1. The van der Waals surface area contributed by atoms with Crippen molar-refractivity contribution >= 4 is 33.3 Å². The van der Waals surface area contributed by atoms with Crippen molar-refractivity contribution in [3.63, 3.8) is 0 Å². The van der Waals surface area contributed by atoms with Crippen LogP contribution in [0.5, 0.6) is 11.5 Å². The molecule has 3 heterocycles. The summed E-state index contributed by atoms with van der Waals surface area (Å²) in [5.41, 5.74) is 0.730. The van der Waals surface area contributed by atoms with Crippen molar-refractivity contribution in [3.05, 3.63) is 88.3 Å². The number of hydrogen-bond acceptors (Lipinski definition) is 8. The van der Waals surface area contributed by atoms with Crippen molar-refractivity contribution in [2.24, 2.45) is 4.40 Å². The molecule has 0 aliphatic carbocycles. The minimum Gasteiger partial charge on any atom is -0.506 e. The highest BCUT2D eigenvalue weighted by atomic mass is 32.3. The molecule has 1 aliphatic heterocycles. The molecule has 4 N–H and O–H groups in total. The van der Waals surface area contributed by atoms with Gasteiger partial charge in [-0.3, -0.25) is 18.5 Å². The van der Waals surface area contributed by atoms with Crippen LogP contribution in [0.15, 0.2) is 80.9 Å².